The van der Waals surface area contributed by atoms with Gasteiger partial charge < -0.3 is 9.88 Å². The van der Waals surface area contributed by atoms with E-state index in [4.69, 9.17) is 16.6 Å². The van der Waals surface area contributed by atoms with Crippen molar-refractivity contribution in [1.29, 1.82) is 0 Å². The van der Waals surface area contributed by atoms with Crippen LogP contribution in [0.15, 0.2) is 72.8 Å². The molecule has 0 bridgehead atoms. The van der Waals surface area contributed by atoms with Crippen LogP contribution in [-0.2, 0) is 13.0 Å². The zero-order chi connectivity index (χ0) is 20.2. The largest absolute Gasteiger partial charge is 0.323 e. The number of hydrogen-bond acceptors (Lipinski definition) is 2. The minimum absolute atomic E-state index is 0.138. The fraction of sp³-hybridized carbons (Fsp3) is 0.167. The van der Waals surface area contributed by atoms with Crippen molar-refractivity contribution in [2.24, 2.45) is 0 Å². The molecule has 1 aromatic heterocycles. The number of anilines is 1. The number of aryl methyl sites for hydroxylation is 1. The van der Waals surface area contributed by atoms with Gasteiger partial charge in [0.05, 0.1) is 17.6 Å². The standard InChI is InChI=1S/C24H22ClN3O/c1-2-8-23-27-21-14-13-17(24(29)26-19-10-4-3-5-11-19)15-22(21)28(23)16-18-9-6-7-12-20(18)25/h3-7,9-15H,2,8,16H2,1H3,(H,26,29). The van der Waals surface area contributed by atoms with Crippen LogP contribution in [-0.4, -0.2) is 15.5 Å². The second kappa shape index (κ2) is 8.50. The van der Waals surface area contributed by atoms with Gasteiger partial charge in [-0.05, 0) is 48.4 Å². The van der Waals surface area contributed by atoms with E-state index < -0.39 is 0 Å². The summed E-state index contributed by atoms with van der Waals surface area (Å²) in [6.07, 6.45) is 1.86. The third-order valence-electron chi connectivity index (χ3n) is 4.88. The van der Waals surface area contributed by atoms with E-state index in [1.54, 1.807) is 0 Å². The molecular formula is C24H22ClN3O. The Balaban J connectivity index is 1.72. The summed E-state index contributed by atoms with van der Waals surface area (Å²) in [5.74, 6) is 0.865. The van der Waals surface area contributed by atoms with Crippen molar-refractivity contribution in [3.63, 3.8) is 0 Å². The van der Waals surface area contributed by atoms with E-state index in [1.807, 2.05) is 72.8 Å². The molecule has 146 valence electrons. The lowest BCUT2D eigenvalue weighted by molar-refractivity contribution is 0.102. The molecule has 0 unspecified atom stereocenters. The molecule has 0 saturated carbocycles. The fourth-order valence-corrected chi connectivity index (χ4v) is 3.62. The van der Waals surface area contributed by atoms with Crippen molar-refractivity contribution in [3.8, 4) is 0 Å². The van der Waals surface area contributed by atoms with Gasteiger partial charge in [0, 0.05) is 22.7 Å². The lowest BCUT2D eigenvalue weighted by Crippen LogP contribution is -2.12. The van der Waals surface area contributed by atoms with Gasteiger partial charge in [0.15, 0.2) is 0 Å². The van der Waals surface area contributed by atoms with E-state index >= 15 is 0 Å². The number of carbonyl (C=O) groups is 1. The Kier molecular flexibility index (Phi) is 5.63. The summed E-state index contributed by atoms with van der Waals surface area (Å²) in [5, 5.41) is 3.67. The Labute approximate surface area is 175 Å². The van der Waals surface area contributed by atoms with Crippen LogP contribution in [0.1, 0.15) is 35.1 Å². The number of nitrogens with zero attached hydrogens (tertiary/aromatic N) is 2. The normalized spacial score (nSPS) is 11.0. The van der Waals surface area contributed by atoms with Crippen molar-refractivity contribution in [3.05, 3.63) is 94.8 Å². The first-order chi connectivity index (χ1) is 14.2. The number of nitrogens with one attached hydrogen (secondary N) is 1. The molecule has 4 aromatic rings. The number of imidazole rings is 1. The molecular weight excluding hydrogens is 382 g/mol. The van der Waals surface area contributed by atoms with Crippen LogP contribution < -0.4 is 5.32 Å². The van der Waals surface area contributed by atoms with Crippen LogP contribution in [0.2, 0.25) is 5.02 Å². The van der Waals surface area contributed by atoms with Crippen molar-refractivity contribution < 1.29 is 4.79 Å². The number of carbonyl (C=O) groups excluding carboxylic acids is 1. The number of halogens is 1. The smallest absolute Gasteiger partial charge is 0.255 e. The highest BCUT2D eigenvalue weighted by Gasteiger charge is 2.15. The predicted octanol–water partition coefficient (Wildman–Crippen LogP) is 5.94. The molecule has 29 heavy (non-hydrogen) atoms. The SMILES string of the molecule is CCCc1nc2ccc(C(=O)Nc3ccccc3)cc2n1Cc1ccccc1Cl. The van der Waals surface area contributed by atoms with Crippen molar-refractivity contribution >= 4 is 34.2 Å². The molecule has 3 aromatic carbocycles. The molecule has 4 rings (SSSR count). The van der Waals surface area contributed by atoms with E-state index in [1.165, 1.54) is 0 Å². The number of aromatic nitrogens is 2. The minimum Gasteiger partial charge on any atom is -0.323 e. The zero-order valence-corrected chi connectivity index (χ0v) is 17.0. The Hall–Kier alpha value is -3.11. The van der Waals surface area contributed by atoms with Crippen LogP contribution in [0.3, 0.4) is 0 Å². The second-order valence-electron chi connectivity index (χ2n) is 6.98. The van der Waals surface area contributed by atoms with Gasteiger partial charge in [-0.2, -0.15) is 0 Å². The molecule has 0 radical (unpaired) electrons. The lowest BCUT2D eigenvalue weighted by Gasteiger charge is -2.11. The molecule has 0 aliphatic heterocycles. The number of hydrogen-bond donors (Lipinski definition) is 1. The highest BCUT2D eigenvalue weighted by molar-refractivity contribution is 6.31. The molecule has 1 heterocycles. The Bertz CT molecular complexity index is 1150. The van der Waals surface area contributed by atoms with Crippen LogP contribution in [0.5, 0.6) is 0 Å². The van der Waals surface area contributed by atoms with Crippen molar-refractivity contribution in [1.82, 2.24) is 9.55 Å². The average molecular weight is 404 g/mol. The van der Waals surface area contributed by atoms with E-state index in [-0.39, 0.29) is 5.91 Å². The topological polar surface area (TPSA) is 46.9 Å². The molecule has 0 spiro atoms. The highest BCUT2D eigenvalue weighted by atomic mass is 35.5. The predicted molar refractivity (Wildman–Crippen MR) is 119 cm³/mol. The zero-order valence-electron chi connectivity index (χ0n) is 16.2. The average Bonchev–Trinajstić information content (AvgIpc) is 3.07. The summed E-state index contributed by atoms with van der Waals surface area (Å²) in [5.41, 5.74) is 4.23. The first-order valence-electron chi connectivity index (χ1n) is 9.74. The first-order valence-corrected chi connectivity index (χ1v) is 10.1. The molecule has 0 atom stereocenters. The number of amides is 1. The molecule has 1 N–H and O–H groups in total. The lowest BCUT2D eigenvalue weighted by atomic mass is 10.1. The monoisotopic (exact) mass is 403 g/mol. The van der Waals surface area contributed by atoms with Crippen LogP contribution >= 0.6 is 11.6 Å². The molecule has 5 heteroatoms. The van der Waals surface area contributed by atoms with Crippen LogP contribution in [0.4, 0.5) is 5.69 Å². The molecule has 0 aliphatic rings. The van der Waals surface area contributed by atoms with Crippen molar-refractivity contribution in [2.45, 2.75) is 26.3 Å². The van der Waals surface area contributed by atoms with Crippen LogP contribution in [0, 0.1) is 0 Å². The van der Waals surface area contributed by atoms with Gasteiger partial charge in [0.2, 0.25) is 0 Å². The van der Waals surface area contributed by atoms with Gasteiger partial charge >= 0.3 is 0 Å². The minimum atomic E-state index is -0.138. The quantitative estimate of drug-likeness (QED) is 0.433. The van der Waals surface area contributed by atoms with Crippen LogP contribution in [0.25, 0.3) is 11.0 Å². The Morgan fingerprint density at radius 3 is 2.55 bits per heavy atom. The van der Waals surface area contributed by atoms with Crippen molar-refractivity contribution in [2.75, 3.05) is 5.32 Å². The Morgan fingerprint density at radius 1 is 1.03 bits per heavy atom. The summed E-state index contributed by atoms with van der Waals surface area (Å²) in [4.78, 5) is 17.6. The number of rotatable bonds is 6. The molecule has 1 amide bonds. The summed E-state index contributed by atoms with van der Waals surface area (Å²) in [6, 6.07) is 22.9. The summed E-state index contributed by atoms with van der Waals surface area (Å²) >= 11 is 6.40. The van der Waals surface area contributed by atoms with E-state index in [9.17, 15) is 4.79 Å². The fourth-order valence-electron chi connectivity index (χ4n) is 3.43. The van der Waals surface area contributed by atoms with E-state index in [0.29, 0.717) is 12.1 Å². The molecule has 4 nitrogen and oxygen atoms in total. The third kappa shape index (κ3) is 4.17. The molecule has 0 aliphatic carbocycles. The van der Waals surface area contributed by atoms with Gasteiger partial charge in [-0.3, -0.25) is 4.79 Å². The highest BCUT2D eigenvalue weighted by Crippen LogP contribution is 2.24. The summed E-state index contributed by atoms with van der Waals surface area (Å²) in [7, 11) is 0. The number of benzene rings is 3. The Morgan fingerprint density at radius 2 is 1.79 bits per heavy atom. The van der Waals surface area contributed by atoms with Gasteiger partial charge in [-0.25, -0.2) is 4.98 Å². The molecule has 0 saturated heterocycles. The maximum absolute atomic E-state index is 12.8. The van der Waals surface area contributed by atoms with E-state index in [0.717, 1.165) is 46.0 Å². The van der Waals surface area contributed by atoms with Gasteiger partial charge in [0.1, 0.15) is 5.82 Å². The van der Waals surface area contributed by atoms with Gasteiger partial charge in [-0.15, -0.1) is 0 Å². The van der Waals surface area contributed by atoms with Gasteiger partial charge in [0.25, 0.3) is 5.91 Å². The first kappa shape index (κ1) is 19.2. The van der Waals surface area contributed by atoms with E-state index in [2.05, 4.69) is 16.8 Å². The maximum Gasteiger partial charge on any atom is 0.255 e. The molecule has 0 fully saturated rings. The maximum atomic E-state index is 12.8. The third-order valence-corrected chi connectivity index (χ3v) is 5.25. The summed E-state index contributed by atoms with van der Waals surface area (Å²) < 4.78 is 2.17. The van der Waals surface area contributed by atoms with Gasteiger partial charge in [-0.1, -0.05) is 54.9 Å². The number of para-hydroxylation sites is 1. The summed E-state index contributed by atoms with van der Waals surface area (Å²) in [6.45, 7) is 2.76. The number of fused-ring (bicyclic) bond motifs is 1. The second-order valence-corrected chi connectivity index (χ2v) is 7.39.